The Balaban J connectivity index is 1.12. The maximum absolute atomic E-state index is 12.6. The number of hydrogen-bond acceptors (Lipinski definition) is 5. The van der Waals surface area contributed by atoms with E-state index in [2.05, 4.69) is 62.4 Å². The monoisotopic (exact) mass is 522 g/mol. The molecule has 0 atom stereocenters. The Hall–Kier alpha value is -3.68. The Bertz CT molecular complexity index is 1400. The molecular formula is C32H38N6O. The number of nitrogens with one attached hydrogen (secondary N) is 2. The Kier molecular flexibility index (Phi) is 7.61. The van der Waals surface area contributed by atoms with Gasteiger partial charge in [-0.15, -0.1) is 0 Å². The molecule has 2 aromatic carbocycles. The van der Waals surface area contributed by atoms with E-state index in [9.17, 15) is 4.79 Å². The molecule has 4 heterocycles. The lowest BCUT2D eigenvalue weighted by molar-refractivity contribution is 0.0952. The molecule has 1 amide bonds. The van der Waals surface area contributed by atoms with Crippen molar-refractivity contribution in [3.63, 3.8) is 0 Å². The van der Waals surface area contributed by atoms with Crippen LogP contribution in [0.4, 0.5) is 5.69 Å². The average Bonchev–Trinajstić information content (AvgIpc) is 3.66. The summed E-state index contributed by atoms with van der Waals surface area (Å²) in [5, 5.41) is 4.15. The molecule has 2 saturated heterocycles. The lowest BCUT2D eigenvalue weighted by Crippen LogP contribution is -2.44. The summed E-state index contributed by atoms with van der Waals surface area (Å²) in [6, 6.07) is 18.9. The van der Waals surface area contributed by atoms with Gasteiger partial charge in [0.15, 0.2) is 0 Å². The molecule has 2 fully saturated rings. The molecule has 2 aromatic heterocycles. The van der Waals surface area contributed by atoms with Crippen LogP contribution < -0.4 is 10.2 Å². The fourth-order valence-electron chi connectivity index (χ4n) is 5.74. The number of piperazine rings is 1. The SMILES string of the molecule is CN1CCN(c2ccc(-c3cnc4[nH]cc(-c5ccc(C(=O)NCCCN6CCCC6)cc5)c4c3)cc2)CC1. The third-order valence-electron chi connectivity index (χ3n) is 8.19. The summed E-state index contributed by atoms with van der Waals surface area (Å²) in [6.45, 7) is 8.50. The smallest absolute Gasteiger partial charge is 0.251 e. The second kappa shape index (κ2) is 11.6. The van der Waals surface area contributed by atoms with Gasteiger partial charge in [-0.3, -0.25) is 4.79 Å². The zero-order valence-corrected chi connectivity index (χ0v) is 22.8. The van der Waals surface area contributed by atoms with Crippen LogP contribution >= 0.6 is 0 Å². The summed E-state index contributed by atoms with van der Waals surface area (Å²) in [4.78, 5) is 28.0. The van der Waals surface area contributed by atoms with E-state index in [1.165, 1.54) is 31.6 Å². The van der Waals surface area contributed by atoms with Crippen LogP contribution in [0.3, 0.4) is 0 Å². The highest BCUT2D eigenvalue weighted by Crippen LogP contribution is 2.32. The van der Waals surface area contributed by atoms with Crippen molar-refractivity contribution in [3.05, 3.63) is 72.6 Å². The Labute approximate surface area is 230 Å². The molecule has 2 aliphatic rings. The molecule has 6 rings (SSSR count). The number of amides is 1. The fourth-order valence-corrected chi connectivity index (χ4v) is 5.74. The average molecular weight is 523 g/mol. The Morgan fingerprint density at radius 3 is 2.36 bits per heavy atom. The first kappa shape index (κ1) is 25.6. The number of pyridine rings is 1. The maximum atomic E-state index is 12.6. The van der Waals surface area contributed by atoms with Crippen molar-refractivity contribution in [2.45, 2.75) is 19.3 Å². The number of carbonyl (C=O) groups is 1. The summed E-state index contributed by atoms with van der Waals surface area (Å²) < 4.78 is 0. The first-order chi connectivity index (χ1) is 19.1. The zero-order valence-electron chi connectivity index (χ0n) is 22.8. The van der Waals surface area contributed by atoms with Gasteiger partial charge in [-0.1, -0.05) is 24.3 Å². The fraction of sp³-hybridized carbons (Fsp3) is 0.375. The number of likely N-dealkylation sites (tertiary alicyclic amines) is 1. The van der Waals surface area contributed by atoms with Crippen LogP contribution in [-0.2, 0) is 0 Å². The number of H-pyrrole nitrogens is 1. The van der Waals surface area contributed by atoms with E-state index in [1.54, 1.807) is 0 Å². The van der Waals surface area contributed by atoms with Gasteiger partial charge < -0.3 is 25.0 Å². The standard InChI is InChI=1S/C32H38N6O/c1-36-17-19-38(20-18-36)28-11-9-24(10-12-28)27-21-29-30(23-35-31(29)34-22-27)25-5-7-26(8-6-25)32(39)33-13-4-16-37-14-2-3-15-37/h5-12,21-23H,2-4,13-20H2,1H3,(H,33,39)(H,34,35). The van der Waals surface area contributed by atoms with Crippen molar-refractivity contribution < 1.29 is 4.79 Å². The van der Waals surface area contributed by atoms with E-state index in [0.717, 1.165) is 72.4 Å². The van der Waals surface area contributed by atoms with Gasteiger partial charge in [0.2, 0.25) is 0 Å². The molecule has 202 valence electrons. The number of benzene rings is 2. The summed E-state index contributed by atoms with van der Waals surface area (Å²) in [7, 11) is 2.18. The van der Waals surface area contributed by atoms with Crippen molar-refractivity contribution in [1.82, 2.24) is 25.1 Å². The summed E-state index contributed by atoms with van der Waals surface area (Å²) in [5.74, 6) is -0.00845. The highest BCUT2D eigenvalue weighted by atomic mass is 16.1. The van der Waals surface area contributed by atoms with Gasteiger partial charge in [0.25, 0.3) is 5.91 Å². The van der Waals surface area contributed by atoms with E-state index < -0.39 is 0 Å². The van der Waals surface area contributed by atoms with E-state index >= 15 is 0 Å². The second-order valence-corrected chi connectivity index (χ2v) is 10.9. The summed E-state index contributed by atoms with van der Waals surface area (Å²) in [6.07, 6.45) is 7.54. The lowest BCUT2D eigenvalue weighted by atomic mass is 10.0. The number of hydrogen-bond donors (Lipinski definition) is 2. The molecule has 39 heavy (non-hydrogen) atoms. The molecule has 0 bridgehead atoms. The molecule has 7 nitrogen and oxygen atoms in total. The van der Waals surface area contributed by atoms with Crippen LogP contribution in [-0.4, -0.2) is 85.1 Å². The number of aromatic nitrogens is 2. The number of anilines is 1. The first-order valence-corrected chi connectivity index (χ1v) is 14.3. The third-order valence-corrected chi connectivity index (χ3v) is 8.19. The molecule has 0 radical (unpaired) electrons. The quantitative estimate of drug-likeness (QED) is 0.324. The zero-order chi connectivity index (χ0) is 26.6. The van der Waals surface area contributed by atoms with Crippen LogP contribution in [0.1, 0.15) is 29.6 Å². The minimum Gasteiger partial charge on any atom is -0.369 e. The van der Waals surface area contributed by atoms with Crippen molar-refractivity contribution in [2.24, 2.45) is 0 Å². The predicted molar refractivity (Wildman–Crippen MR) is 159 cm³/mol. The number of aromatic amines is 1. The van der Waals surface area contributed by atoms with Gasteiger partial charge in [0.05, 0.1) is 0 Å². The molecule has 2 N–H and O–H groups in total. The predicted octanol–water partition coefficient (Wildman–Crippen LogP) is 4.86. The van der Waals surface area contributed by atoms with Gasteiger partial charge in [0, 0.05) is 72.9 Å². The van der Waals surface area contributed by atoms with Crippen LogP contribution in [0, 0.1) is 0 Å². The number of fused-ring (bicyclic) bond motifs is 1. The van der Waals surface area contributed by atoms with Gasteiger partial charge in [-0.05, 0) is 87.4 Å². The van der Waals surface area contributed by atoms with E-state index in [4.69, 9.17) is 4.98 Å². The Morgan fingerprint density at radius 2 is 1.62 bits per heavy atom. The molecule has 0 spiro atoms. The molecule has 0 aliphatic carbocycles. The van der Waals surface area contributed by atoms with Crippen molar-refractivity contribution in [2.75, 3.05) is 64.3 Å². The van der Waals surface area contributed by atoms with E-state index in [1.807, 2.05) is 36.7 Å². The third kappa shape index (κ3) is 5.84. The van der Waals surface area contributed by atoms with Gasteiger partial charge in [-0.2, -0.15) is 0 Å². The van der Waals surface area contributed by atoms with Gasteiger partial charge in [-0.25, -0.2) is 4.98 Å². The van der Waals surface area contributed by atoms with Gasteiger partial charge in [0.1, 0.15) is 5.65 Å². The normalized spacial score (nSPS) is 16.7. The van der Waals surface area contributed by atoms with Crippen molar-refractivity contribution >= 4 is 22.6 Å². The van der Waals surface area contributed by atoms with Crippen molar-refractivity contribution in [1.29, 1.82) is 0 Å². The highest BCUT2D eigenvalue weighted by Gasteiger charge is 2.15. The number of rotatable bonds is 8. The first-order valence-electron chi connectivity index (χ1n) is 14.3. The lowest BCUT2D eigenvalue weighted by Gasteiger charge is -2.34. The minimum absolute atomic E-state index is 0.00845. The van der Waals surface area contributed by atoms with Crippen LogP contribution in [0.2, 0.25) is 0 Å². The van der Waals surface area contributed by atoms with Crippen molar-refractivity contribution in [3.8, 4) is 22.3 Å². The van der Waals surface area contributed by atoms with E-state index in [-0.39, 0.29) is 5.91 Å². The Morgan fingerprint density at radius 1 is 0.897 bits per heavy atom. The van der Waals surface area contributed by atoms with Crippen LogP contribution in [0.25, 0.3) is 33.3 Å². The second-order valence-electron chi connectivity index (χ2n) is 10.9. The van der Waals surface area contributed by atoms with Crippen LogP contribution in [0.5, 0.6) is 0 Å². The topological polar surface area (TPSA) is 67.5 Å². The molecule has 0 saturated carbocycles. The molecule has 7 heteroatoms. The maximum Gasteiger partial charge on any atom is 0.251 e. The number of nitrogens with zero attached hydrogens (tertiary/aromatic N) is 4. The minimum atomic E-state index is -0.00845. The van der Waals surface area contributed by atoms with E-state index in [0.29, 0.717) is 12.1 Å². The highest BCUT2D eigenvalue weighted by molar-refractivity contribution is 5.98. The molecule has 0 unspecified atom stereocenters. The van der Waals surface area contributed by atoms with Crippen LogP contribution in [0.15, 0.2) is 67.0 Å². The molecule has 2 aliphatic heterocycles. The summed E-state index contributed by atoms with van der Waals surface area (Å²) in [5.41, 5.74) is 7.24. The summed E-state index contributed by atoms with van der Waals surface area (Å²) >= 11 is 0. The largest absolute Gasteiger partial charge is 0.369 e. The molecular weight excluding hydrogens is 484 g/mol. The molecule has 4 aromatic rings. The van der Waals surface area contributed by atoms with Gasteiger partial charge >= 0.3 is 0 Å². The number of likely N-dealkylation sites (N-methyl/N-ethyl adjacent to an activating group) is 1. The number of carbonyl (C=O) groups excluding carboxylic acids is 1.